The third-order valence-corrected chi connectivity index (χ3v) is 3.11. The van der Waals surface area contributed by atoms with E-state index < -0.39 is 0 Å². The highest BCUT2D eigenvalue weighted by Gasteiger charge is 2.24. The largest absolute Gasteiger partial charge is 0.489 e. The lowest BCUT2D eigenvalue weighted by molar-refractivity contribution is 0.261. The first-order chi connectivity index (χ1) is 7.72. The molecule has 0 saturated carbocycles. The lowest BCUT2D eigenvalue weighted by Crippen LogP contribution is -2.40. The lowest BCUT2D eigenvalue weighted by atomic mass is 10.1. The maximum atomic E-state index is 8.59. The first-order valence-corrected chi connectivity index (χ1v) is 5.62. The predicted molar refractivity (Wildman–Crippen MR) is 64.0 cm³/mol. The molecule has 1 aromatic carbocycles. The number of nitrogens with zero attached hydrogens (tertiary/aromatic N) is 2. The van der Waals surface area contributed by atoms with Gasteiger partial charge in [-0.1, -0.05) is 11.6 Å². The lowest BCUT2D eigenvalue weighted by Gasteiger charge is -2.35. The van der Waals surface area contributed by atoms with Gasteiger partial charge < -0.3 is 9.64 Å². The Bertz CT molecular complexity index is 428. The Balaban J connectivity index is 2.19. The van der Waals surface area contributed by atoms with Gasteiger partial charge in [-0.3, -0.25) is 0 Å². The average Bonchev–Trinajstić information content (AvgIpc) is 2.28. The molecule has 1 aliphatic heterocycles. The zero-order valence-electron chi connectivity index (χ0n) is 9.11. The Kier molecular flexibility index (Phi) is 3.21. The van der Waals surface area contributed by atoms with E-state index in [2.05, 4.69) is 11.0 Å². The first kappa shape index (κ1) is 11.1. The molecule has 0 bridgehead atoms. The van der Waals surface area contributed by atoms with Crippen LogP contribution < -0.4 is 9.64 Å². The second-order valence-corrected chi connectivity index (χ2v) is 4.32. The van der Waals surface area contributed by atoms with E-state index in [4.69, 9.17) is 21.6 Å². The Morgan fingerprint density at radius 1 is 1.62 bits per heavy atom. The maximum Gasteiger partial charge on any atom is 0.144 e. The zero-order valence-corrected chi connectivity index (χ0v) is 9.87. The van der Waals surface area contributed by atoms with E-state index in [1.54, 1.807) is 0 Å². The fourth-order valence-corrected chi connectivity index (χ4v) is 2.06. The molecule has 4 heteroatoms. The third kappa shape index (κ3) is 2.07. The number of nitriles is 1. The minimum absolute atomic E-state index is 0.272. The summed E-state index contributed by atoms with van der Waals surface area (Å²) in [6.07, 6.45) is 1.39. The highest BCUT2D eigenvalue weighted by molar-refractivity contribution is 6.30. The van der Waals surface area contributed by atoms with Gasteiger partial charge >= 0.3 is 0 Å². The monoisotopic (exact) mass is 236 g/mol. The van der Waals surface area contributed by atoms with Crippen molar-refractivity contribution in [2.24, 2.45) is 0 Å². The Morgan fingerprint density at radius 3 is 3.19 bits per heavy atom. The van der Waals surface area contributed by atoms with Crippen molar-refractivity contribution in [2.45, 2.75) is 18.9 Å². The van der Waals surface area contributed by atoms with Crippen LogP contribution in [0.5, 0.6) is 5.75 Å². The number of ether oxygens (including phenoxy) is 1. The van der Waals surface area contributed by atoms with E-state index in [0.29, 0.717) is 18.1 Å². The number of halogens is 1. The van der Waals surface area contributed by atoms with Gasteiger partial charge in [0.05, 0.1) is 17.8 Å². The summed E-state index contributed by atoms with van der Waals surface area (Å²) in [7, 11) is 2.03. The summed E-state index contributed by atoms with van der Waals surface area (Å²) >= 11 is 5.90. The summed E-state index contributed by atoms with van der Waals surface area (Å²) in [4.78, 5) is 2.16. The normalized spacial score (nSPS) is 18.6. The fourth-order valence-electron chi connectivity index (χ4n) is 1.90. The number of hydrogen-bond acceptors (Lipinski definition) is 3. The summed E-state index contributed by atoms with van der Waals surface area (Å²) in [6.45, 7) is 0.617. The van der Waals surface area contributed by atoms with Crippen LogP contribution in [0.4, 0.5) is 5.69 Å². The van der Waals surface area contributed by atoms with Gasteiger partial charge in [-0.2, -0.15) is 5.26 Å². The van der Waals surface area contributed by atoms with Gasteiger partial charge in [-0.15, -0.1) is 0 Å². The Hall–Kier alpha value is -1.40. The van der Waals surface area contributed by atoms with Crippen molar-refractivity contribution in [3.8, 4) is 11.8 Å². The highest BCUT2D eigenvalue weighted by Crippen LogP contribution is 2.35. The predicted octanol–water partition coefficient (Wildman–Crippen LogP) is 2.84. The molecule has 1 aromatic rings. The van der Waals surface area contributed by atoms with E-state index in [1.807, 2.05) is 25.2 Å². The molecule has 84 valence electrons. The molecule has 0 aromatic heterocycles. The Morgan fingerprint density at radius 2 is 2.44 bits per heavy atom. The minimum atomic E-state index is 0.272. The van der Waals surface area contributed by atoms with Crippen LogP contribution in [0.3, 0.4) is 0 Å². The van der Waals surface area contributed by atoms with Crippen LogP contribution in [-0.4, -0.2) is 19.7 Å². The third-order valence-electron chi connectivity index (χ3n) is 2.87. The SMILES string of the molecule is CN1c2ccc(Cl)cc2OCC1CCC#N. The summed E-state index contributed by atoms with van der Waals surface area (Å²) in [6, 6.07) is 8.07. The average molecular weight is 237 g/mol. The van der Waals surface area contributed by atoms with Crippen LogP contribution in [0.15, 0.2) is 18.2 Å². The van der Waals surface area contributed by atoms with Crippen molar-refractivity contribution in [2.75, 3.05) is 18.6 Å². The molecule has 2 rings (SSSR count). The Labute approximate surface area is 100 Å². The molecule has 1 unspecified atom stereocenters. The standard InChI is InChI=1S/C12H13ClN2O/c1-15-10(3-2-6-14)8-16-12-7-9(13)4-5-11(12)15/h4-5,7,10H,2-3,8H2,1H3. The topological polar surface area (TPSA) is 36.3 Å². The van der Waals surface area contributed by atoms with E-state index in [1.165, 1.54) is 0 Å². The van der Waals surface area contributed by atoms with Gasteiger partial charge in [0.15, 0.2) is 0 Å². The quantitative estimate of drug-likeness (QED) is 0.792. The number of anilines is 1. The zero-order chi connectivity index (χ0) is 11.5. The molecule has 0 N–H and O–H groups in total. The van der Waals surface area contributed by atoms with Crippen molar-refractivity contribution in [3.63, 3.8) is 0 Å². The molecule has 1 atom stereocenters. The van der Waals surface area contributed by atoms with Gasteiger partial charge in [0.25, 0.3) is 0 Å². The molecular weight excluding hydrogens is 224 g/mol. The van der Waals surface area contributed by atoms with Crippen molar-refractivity contribution < 1.29 is 4.74 Å². The van der Waals surface area contributed by atoms with Crippen LogP contribution >= 0.6 is 11.6 Å². The van der Waals surface area contributed by atoms with E-state index in [9.17, 15) is 0 Å². The summed E-state index contributed by atoms with van der Waals surface area (Å²) in [5.41, 5.74) is 1.04. The minimum Gasteiger partial charge on any atom is -0.489 e. The van der Waals surface area contributed by atoms with Crippen molar-refractivity contribution in [1.29, 1.82) is 5.26 Å². The molecule has 0 amide bonds. The van der Waals surface area contributed by atoms with Crippen LogP contribution in [0.1, 0.15) is 12.8 Å². The number of benzene rings is 1. The molecular formula is C12H13ClN2O. The van der Waals surface area contributed by atoms with E-state index in [0.717, 1.165) is 17.9 Å². The first-order valence-electron chi connectivity index (χ1n) is 5.24. The van der Waals surface area contributed by atoms with Crippen LogP contribution in [-0.2, 0) is 0 Å². The molecule has 1 aliphatic rings. The molecule has 3 nitrogen and oxygen atoms in total. The fraction of sp³-hybridized carbons (Fsp3) is 0.417. The van der Waals surface area contributed by atoms with Crippen molar-refractivity contribution >= 4 is 17.3 Å². The number of likely N-dealkylation sites (N-methyl/N-ethyl adjacent to an activating group) is 1. The summed E-state index contributed by atoms with van der Waals surface area (Å²) < 4.78 is 5.65. The summed E-state index contributed by atoms with van der Waals surface area (Å²) in [5.74, 6) is 0.822. The number of hydrogen-bond donors (Lipinski definition) is 0. The van der Waals surface area contributed by atoms with Crippen LogP contribution in [0.25, 0.3) is 0 Å². The second-order valence-electron chi connectivity index (χ2n) is 3.88. The molecule has 0 saturated heterocycles. The van der Waals surface area contributed by atoms with Crippen LogP contribution in [0.2, 0.25) is 5.02 Å². The molecule has 16 heavy (non-hydrogen) atoms. The van der Waals surface area contributed by atoms with Crippen molar-refractivity contribution in [1.82, 2.24) is 0 Å². The summed E-state index contributed by atoms with van der Waals surface area (Å²) in [5, 5.41) is 9.27. The molecule has 0 radical (unpaired) electrons. The molecule has 1 heterocycles. The smallest absolute Gasteiger partial charge is 0.144 e. The molecule has 0 spiro atoms. The van der Waals surface area contributed by atoms with Crippen LogP contribution in [0, 0.1) is 11.3 Å². The second kappa shape index (κ2) is 4.63. The molecule has 0 aliphatic carbocycles. The van der Waals surface area contributed by atoms with E-state index in [-0.39, 0.29) is 6.04 Å². The van der Waals surface area contributed by atoms with Gasteiger partial charge in [-0.25, -0.2) is 0 Å². The maximum absolute atomic E-state index is 8.59. The molecule has 0 fully saturated rings. The van der Waals surface area contributed by atoms with Crippen molar-refractivity contribution in [3.05, 3.63) is 23.2 Å². The van der Waals surface area contributed by atoms with Gasteiger partial charge in [0.2, 0.25) is 0 Å². The number of fused-ring (bicyclic) bond motifs is 1. The van der Waals surface area contributed by atoms with Gasteiger partial charge in [0.1, 0.15) is 12.4 Å². The van der Waals surface area contributed by atoms with Gasteiger partial charge in [-0.05, 0) is 18.6 Å². The van der Waals surface area contributed by atoms with E-state index >= 15 is 0 Å². The highest BCUT2D eigenvalue weighted by atomic mass is 35.5. The number of rotatable bonds is 2. The van der Waals surface area contributed by atoms with Gasteiger partial charge in [0, 0.05) is 24.6 Å².